The number of Topliss-reactive ketones (excluding diaryl/α,β-unsaturated/α-hetero) is 1. The summed E-state index contributed by atoms with van der Waals surface area (Å²) in [4.78, 5) is 24.0. The Morgan fingerprint density at radius 1 is 1.21 bits per heavy atom. The number of hydrogen-bond acceptors (Lipinski definition) is 3. The van der Waals surface area contributed by atoms with Crippen molar-refractivity contribution in [1.29, 1.82) is 0 Å². The predicted octanol–water partition coefficient (Wildman–Crippen LogP) is 4.88. The van der Waals surface area contributed by atoms with Crippen molar-refractivity contribution >= 4 is 11.8 Å². The second kappa shape index (κ2) is 7.61. The number of ether oxygens (including phenoxy) is 1. The maximum Gasteiger partial charge on any atom is 0.380 e. The van der Waals surface area contributed by atoms with E-state index in [1.54, 1.807) is 37.3 Å². The van der Waals surface area contributed by atoms with Gasteiger partial charge in [0.15, 0.2) is 0 Å². The second-order valence-electron chi connectivity index (χ2n) is 6.84. The molecule has 0 saturated carbocycles. The van der Waals surface area contributed by atoms with Gasteiger partial charge in [0, 0.05) is 11.0 Å². The third-order valence-corrected chi connectivity index (χ3v) is 4.99. The van der Waals surface area contributed by atoms with Gasteiger partial charge in [-0.3, -0.25) is 4.79 Å². The first-order valence-corrected chi connectivity index (χ1v) is 8.50. The van der Waals surface area contributed by atoms with Crippen LogP contribution >= 0.6 is 0 Å². The first kappa shape index (κ1) is 18.2. The fraction of sp³-hybridized carbons (Fsp3) is 0.429. The number of carbonyl (C=O) groups is 2. The quantitative estimate of drug-likeness (QED) is 0.335. The number of esters is 1. The number of ketones is 1. The van der Waals surface area contributed by atoms with Crippen LogP contribution in [0.5, 0.6) is 0 Å². The molecule has 2 rings (SSSR count). The number of hydrogen-bond donors (Lipinski definition) is 0. The zero-order valence-corrected chi connectivity index (χ0v) is 15.0. The molecule has 0 saturated heterocycles. The summed E-state index contributed by atoms with van der Waals surface area (Å²) < 4.78 is 5.27. The second-order valence-corrected chi connectivity index (χ2v) is 6.84. The fourth-order valence-electron chi connectivity index (χ4n) is 3.11. The van der Waals surface area contributed by atoms with E-state index in [1.165, 1.54) is 17.6 Å². The zero-order valence-electron chi connectivity index (χ0n) is 15.0. The lowest BCUT2D eigenvalue weighted by Gasteiger charge is -2.33. The summed E-state index contributed by atoms with van der Waals surface area (Å²) in [5, 5.41) is 0. The highest BCUT2D eigenvalue weighted by molar-refractivity contribution is 6.40. The molecule has 1 aromatic carbocycles. The van der Waals surface area contributed by atoms with Crippen molar-refractivity contribution < 1.29 is 14.3 Å². The summed E-state index contributed by atoms with van der Waals surface area (Å²) in [6.45, 7) is 8.35. The Balaban J connectivity index is 2.00. The molecule has 3 nitrogen and oxygen atoms in total. The minimum atomic E-state index is -0.810. The van der Waals surface area contributed by atoms with E-state index < -0.39 is 17.9 Å². The van der Waals surface area contributed by atoms with Crippen molar-refractivity contribution in [3.05, 3.63) is 59.2 Å². The number of benzene rings is 1. The Kier molecular flexibility index (Phi) is 5.76. The van der Waals surface area contributed by atoms with E-state index in [-0.39, 0.29) is 5.41 Å². The average molecular weight is 326 g/mol. The maximum atomic E-state index is 12.0. The molecule has 0 spiro atoms. The number of rotatable bonds is 5. The summed E-state index contributed by atoms with van der Waals surface area (Å²) >= 11 is 0. The van der Waals surface area contributed by atoms with Gasteiger partial charge in [0.1, 0.15) is 6.10 Å². The first-order chi connectivity index (χ1) is 11.3. The number of allylic oxidation sites excluding steroid dienone is 3. The largest absolute Gasteiger partial charge is 0.452 e. The van der Waals surface area contributed by atoms with E-state index in [1.807, 2.05) is 6.08 Å². The van der Waals surface area contributed by atoms with E-state index in [4.69, 9.17) is 4.74 Å². The van der Waals surface area contributed by atoms with Gasteiger partial charge < -0.3 is 4.74 Å². The lowest BCUT2D eigenvalue weighted by molar-refractivity contribution is -0.140. The van der Waals surface area contributed by atoms with Crippen LogP contribution in [0.25, 0.3) is 0 Å². The Hall–Kier alpha value is -2.16. The van der Waals surface area contributed by atoms with E-state index in [9.17, 15) is 9.59 Å². The summed E-state index contributed by atoms with van der Waals surface area (Å²) in [7, 11) is 0. The standard InChI is InChI=1S/C21H26O3/c1-15-9-8-13-21(4,17(15)3)14-12-16(2)24-20(23)19(22)18-10-6-5-7-11-18/h5-7,10-12,14,16H,8-9,13H2,1-4H3. The van der Waals surface area contributed by atoms with E-state index in [0.29, 0.717) is 5.56 Å². The van der Waals surface area contributed by atoms with Crippen molar-refractivity contribution in [3.8, 4) is 0 Å². The molecule has 0 bridgehead atoms. The van der Waals surface area contributed by atoms with Crippen LogP contribution in [0.15, 0.2) is 53.6 Å². The molecule has 2 atom stereocenters. The molecule has 128 valence electrons. The molecule has 1 aliphatic rings. The highest BCUT2D eigenvalue weighted by atomic mass is 16.5. The maximum absolute atomic E-state index is 12.0. The highest BCUT2D eigenvalue weighted by Gasteiger charge is 2.28. The molecule has 0 radical (unpaired) electrons. The van der Waals surface area contributed by atoms with Crippen LogP contribution in [0.4, 0.5) is 0 Å². The molecule has 0 fully saturated rings. The van der Waals surface area contributed by atoms with Gasteiger partial charge in [0.2, 0.25) is 0 Å². The minimum Gasteiger partial charge on any atom is -0.452 e. The Morgan fingerprint density at radius 2 is 1.88 bits per heavy atom. The molecule has 0 heterocycles. The number of carbonyl (C=O) groups excluding carboxylic acids is 2. The third kappa shape index (κ3) is 4.22. The van der Waals surface area contributed by atoms with Crippen molar-refractivity contribution in [1.82, 2.24) is 0 Å². The fourth-order valence-corrected chi connectivity index (χ4v) is 3.11. The molecular formula is C21H26O3. The monoisotopic (exact) mass is 326 g/mol. The van der Waals surface area contributed by atoms with Crippen LogP contribution in [-0.4, -0.2) is 17.9 Å². The van der Waals surface area contributed by atoms with Crippen LogP contribution in [0, 0.1) is 5.41 Å². The van der Waals surface area contributed by atoms with Crippen LogP contribution in [0.3, 0.4) is 0 Å². The Morgan fingerprint density at radius 3 is 2.54 bits per heavy atom. The molecule has 3 heteroatoms. The van der Waals surface area contributed by atoms with Crippen LogP contribution in [0.1, 0.15) is 57.3 Å². The van der Waals surface area contributed by atoms with Crippen LogP contribution in [0.2, 0.25) is 0 Å². The minimum absolute atomic E-state index is 0.00639. The van der Waals surface area contributed by atoms with Gasteiger partial charge in [-0.25, -0.2) is 4.79 Å². The van der Waals surface area contributed by atoms with Crippen molar-refractivity contribution in [2.45, 2.75) is 53.1 Å². The van der Waals surface area contributed by atoms with Crippen LogP contribution in [-0.2, 0) is 9.53 Å². The molecule has 2 unspecified atom stereocenters. The predicted molar refractivity (Wildman–Crippen MR) is 95.8 cm³/mol. The Labute approximate surface area is 144 Å². The van der Waals surface area contributed by atoms with Crippen LogP contribution < -0.4 is 0 Å². The van der Waals surface area contributed by atoms with Crippen molar-refractivity contribution in [3.63, 3.8) is 0 Å². The molecule has 1 aromatic rings. The Bertz CT molecular complexity index is 670. The topological polar surface area (TPSA) is 43.4 Å². The summed E-state index contributed by atoms with van der Waals surface area (Å²) in [5.74, 6) is -1.41. The lowest BCUT2D eigenvalue weighted by atomic mass is 9.72. The molecule has 24 heavy (non-hydrogen) atoms. The van der Waals surface area contributed by atoms with Gasteiger partial charge >= 0.3 is 5.97 Å². The van der Waals surface area contributed by atoms with Gasteiger partial charge in [-0.05, 0) is 46.1 Å². The molecule has 0 aliphatic heterocycles. The van der Waals surface area contributed by atoms with Gasteiger partial charge in [0.05, 0.1) is 0 Å². The molecular weight excluding hydrogens is 300 g/mol. The molecule has 0 aromatic heterocycles. The summed E-state index contributed by atoms with van der Waals surface area (Å²) in [6, 6.07) is 8.49. The smallest absolute Gasteiger partial charge is 0.380 e. The first-order valence-electron chi connectivity index (χ1n) is 8.50. The van der Waals surface area contributed by atoms with Crippen molar-refractivity contribution in [2.75, 3.05) is 0 Å². The van der Waals surface area contributed by atoms with Gasteiger partial charge in [-0.15, -0.1) is 0 Å². The molecule has 0 N–H and O–H groups in total. The van der Waals surface area contributed by atoms with E-state index >= 15 is 0 Å². The summed E-state index contributed by atoms with van der Waals surface area (Å²) in [6.07, 6.45) is 7.00. The normalized spacial score (nSPS) is 22.5. The average Bonchev–Trinajstić information content (AvgIpc) is 2.58. The zero-order chi connectivity index (χ0) is 17.7. The van der Waals surface area contributed by atoms with Gasteiger partial charge in [-0.1, -0.05) is 54.5 Å². The summed E-state index contributed by atoms with van der Waals surface area (Å²) in [5.41, 5.74) is 3.19. The van der Waals surface area contributed by atoms with Crippen molar-refractivity contribution in [2.24, 2.45) is 5.41 Å². The van der Waals surface area contributed by atoms with Gasteiger partial charge in [0.25, 0.3) is 5.78 Å². The van der Waals surface area contributed by atoms with E-state index in [0.717, 1.165) is 12.8 Å². The lowest BCUT2D eigenvalue weighted by Crippen LogP contribution is -2.23. The third-order valence-electron chi connectivity index (χ3n) is 4.99. The van der Waals surface area contributed by atoms with Gasteiger partial charge in [-0.2, -0.15) is 0 Å². The highest BCUT2D eigenvalue weighted by Crippen LogP contribution is 2.41. The SMILES string of the molecule is CC1=C(C)C(C)(C=CC(C)OC(=O)C(=O)c2ccccc2)CCC1. The molecule has 0 amide bonds. The van der Waals surface area contributed by atoms with E-state index in [2.05, 4.69) is 26.8 Å². The molecule has 1 aliphatic carbocycles.